The fraction of sp³-hybridized carbons (Fsp3) is 0.103. The number of nitrogen functional groups attached to an aromatic ring is 1. The zero-order valence-electron chi connectivity index (χ0n) is 21.6. The minimum atomic E-state index is -4.84. The van der Waals surface area contributed by atoms with E-state index in [9.17, 15) is 28.5 Å². The molecule has 12 heteroatoms. The van der Waals surface area contributed by atoms with E-state index in [0.29, 0.717) is 17.3 Å². The van der Waals surface area contributed by atoms with Gasteiger partial charge in [-0.1, -0.05) is 24.3 Å². The van der Waals surface area contributed by atoms with Gasteiger partial charge in [-0.05, 0) is 54.1 Å². The lowest BCUT2D eigenvalue weighted by Crippen LogP contribution is -2.14. The normalized spacial score (nSPS) is 11.3. The van der Waals surface area contributed by atoms with E-state index in [1.807, 2.05) is 18.2 Å². The number of alkyl halides is 3. The van der Waals surface area contributed by atoms with Crippen molar-refractivity contribution in [3.05, 3.63) is 94.7 Å². The molecule has 206 valence electrons. The van der Waals surface area contributed by atoms with Crippen LogP contribution in [0.5, 0.6) is 17.2 Å². The topological polar surface area (TPSA) is 136 Å². The predicted octanol–water partition coefficient (Wildman–Crippen LogP) is 6.00. The van der Waals surface area contributed by atoms with E-state index >= 15 is 0 Å². The zero-order valence-corrected chi connectivity index (χ0v) is 21.6. The molecule has 0 saturated heterocycles. The van der Waals surface area contributed by atoms with Crippen molar-refractivity contribution >= 4 is 23.4 Å². The van der Waals surface area contributed by atoms with E-state index in [-0.39, 0.29) is 39.9 Å². The maximum Gasteiger partial charge on any atom is 0.417 e. The minimum absolute atomic E-state index is 0.0180. The van der Waals surface area contributed by atoms with Gasteiger partial charge in [0.1, 0.15) is 35.0 Å². The Balaban J connectivity index is 1.70. The average molecular weight is 560 g/mol. The number of halogens is 3. The number of hydrogen-bond acceptors (Lipinski definition) is 8. The molecule has 4 aromatic rings. The Morgan fingerprint density at radius 2 is 1.76 bits per heavy atom. The second-order valence-corrected chi connectivity index (χ2v) is 8.35. The van der Waals surface area contributed by atoms with Crippen LogP contribution in [-0.4, -0.2) is 30.0 Å². The second kappa shape index (κ2) is 11.6. The number of para-hydroxylation sites is 1. The summed E-state index contributed by atoms with van der Waals surface area (Å²) in [4.78, 5) is 11.8. The number of esters is 1. The molecule has 0 bridgehead atoms. The van der Waals surface area contributed by atoms with Gasteiger partial charge in [0, 0.05) is 0 Å². The number of benzene rings is 3. The van der Waals surface area contributed by atoms with Gasteiger partial charge in [0.2, 0.25) is 0 Å². The summed E-state index contributed by atoms with van der Waals surface area (Å²) in [6.07, 6.45) is -3.38. The molecule has 0 aliphatic rings. The zero-order chi connectivity index (χ0) is 29.7. The van der Waals surface area contributed by atoms with Gasteiger partial charge in [-0.3, -0.25) is 0 Å². The Labute approximate surface area is 232 Å². The lowest BCUT2D eigenvalue weighted by molar-refractivity contribution is -0.138. The Bertz CT molecular complexity index is 1730. The number of nitriles is 2. The van der Waals surface area contributed by atoms with Crippen molar-refractivity contribution in [2.24, 2.45) is 0 Å². The molecule has 0 radical (unpaired) electrons. The molecule has 0 aliphatic heterocycles. The maximum atomic E-state index is 13.6. The van der Waals surface area contributed by atoms with Crippen LogP contribution in [0.4, 0.5) is 19.0 Å². The highest BCUT2D eigenvalue weighted by molar-refractivity contribution is 5.92. The molecule has 0 aliphatic carbocycles. The van der Waals surface area contributed by atoms with E-state index in [4.69, 9.17) is 15.2 Å². The quantitative estimate of drug-likeness (QED) is 0.215. The fourth-order valence-electron chi connectivity index (χ4n) is 3.91. The molecule has 0 atom stereocenters. The van der Waals surface area contributed by atoms with Crippen LogP contribution in [0.3, 0.4) is 0 Å². The number of hydrogen-bond donors (Lipinski definition) is 1. The monoisotopic (exact) mass is 559 g/mol. The molecule has 2 N–H and O–H groups in total. The molecule has 1 aromatic heterocycles. The Kier molecular flexibility index (Phi) is 7.96. The second-order valence-electron chi connectivity index (χ2n) is 8.35. The number of nitrogens with two attached hydrogens (primary N) is 1. The van der Waals surface area contributed by atoms with Crippen molar-refractivity contribution in [3.8, 4) is 35.1 Å². The summed E-state index contributed by atoms with van der Waals surface area (Å²) in [6.45, 7) is 0. The number of aromatic nitrogens is 2. The summed E-state index contributed by atoms with van der Waals surface area (Å²) in [5.74, 6) is -1.08. The highest BCUT2D eigenvalue weighted by Crippen LogP contribution is 2.38. The number of allylic oxidation sites excluding steroid dienone is 1. The van der Waals surface area contributed by atoms with Crippen molar-refractivity contribution in [3.63, 3.8) is 0 Å². The molecule has 3 aromatic carbocycles. The first kappa shape index (κ1) is 28.3. The smallest absolute Gasteiger partial charge is 0.417 e. The van der Waals surface area contributed by atoms with Crippen LogP contribution >= 0.6 is 0 Å². The van der Waals surface area contributed by atoms with E-state index in [1.165, 1.54) is 42.1 Å². The first-order valence-corrected chi connectivity index (χ1v) is 11.7. The van der Waals surface area contributed by atoms with E-state index in [1.54, 1.807) is 24.3 Å². The molecule has 1 heterocycles. The molecular weight excluding hydrogens is 539 g/mol. The van der Waals surface area contributed by atoms with Gasteiger partial charge in [-0.2, -0.15) is 28.8 Å². The standard InChI is InChI=1S/C29H20F3N5O4/c1-39-25-13-17(8-11-24(25)41-20-9-10-21(28(38)40-2)23(14-20)29(30,31)32)12-18(15-33)26-22(16-34)27(35)37(36-26)19-6-4-3-5-7-19/h3-14H,35H2,1-2H3. The van der Waals surface area contributed by atoms with Crippen molar-refractivity contribution < 1.29 is 32.2 Å². The molecule has 41 heavy (non-hydrogen) atoms. The molecule has 9 nitrogen and oxygen atoms in total. The molecule has 0 amide bonds. The summed E-state index contributed by atoms with van der Waals surface area (Å²) in [7, 11) is 2.31. The van der Waals surface area contributed by atoms with E-state index < -0.39 is 23.3 Å². The summed E-state index contributed by atoms with van der Waals surface area (Å²) in [5.41, 5.74) is 5.44. The Morgan fingerprint density at radius 1 is 1.02 bits per heavy atom. The summed E-state index contributed by atoms with van der Waals surface area (Å²) in [5, 5.41) is 24.0. The highest BCUT2D eigenvalue weighted by Gasteiger charge is 2.36. The van der Waals surface area contributed by atoms with E-state index in [2.05, 4.69) is 9.84 Å². The van der Waals surface area contributed by atoms with Gasteiger partial charge in [0.25, 0.3) is 0 Å². The van der Waals surface area contributed by atoms with Crippen molar-refractivity contribution in [2.75, 3.05) is 20.0 Å². The third-order valence-electron chi connectivity index (χ3n) is 5.84. The first-order chi connectivity index (χ1) is 19.6. The highest BCUT2D eigenvalue weighted by atomic mass is 19.4. The number of anilines is 1. The molecular formula is C29H20F3N5O4. The Morgan fingerprint density at radius 3 is 2.37 bits per heavy atom. The van der Waals surface area contributed by atoms with Crippen LogP contribution in [0.1, 0.15) is 32.7 Å². The first-order valence-electron chi connectivity index (χ1n) is 11.7. The van der Waals surface area contributed by atoms with Crippen LogP contribution in [0.2, 0.25) is 0 Å². The molecule has 0 spiro atoms. The van der Waals surface area contributed by atoms with Crippen molar-refractivity contribution in [1.82, 2.24) is 9.78 Å². The van der Waals surface area contributed by atoms with Gasteiger partial charge in [0.05, 0.1) is 36.6 Å². The van der Waals surface area contributed by atoms with Crippen LogP contribution in [0, 0.1) is 22.7 Å². The SMILES string of the molecule is COC(=O)c1ccc(Oc2ccc(C=C(C#N)c3nn(-c4ccccc4)c(N)c3C#N)cc2OC)cc1C(F)(F)F. The summed E-state index contributed by atoms with van der Waals surface area (Å²) in [6, 6.07) is 20.2. The maximum absolute atomic E-state index is 13.6. The van der Waals surface area contributed by atoms with Gasteiger partial charge < -0.3 is 19.9 Å². The largest absolute Gasteiger partial charge is 0.493 e. The lowest BCUT2D eigenvalue weighted by Gasteiger charge is -2.15. The number of ether oxygens (including phenoxy) is 3. The van der Waals surface area contributed by atoms with Crippen LogP contribution in [0.15, 0.2) is 66.7 Å². The number of nitrogens with zero attached hydrogens (tertiary/aromatic N) is 4. The number of methoxy groups -OCH3 is 2. The fourth-order valence-corrected chi connectivity index (χ4v) is 3.91. The van der Waals surface area contributed by atoms with Gasteiger partial charge in [-0.25, -0.2) is 9.48 Å². The van der Waals surface area contributed by atoms with Crippen molar-refractivity contribution in [1.29, 1.82) is 10.5 Å². The molecule has 0 saturated carbocycles. The third kappa shape index (κ3) is 5.82. The number of carbonyl (C=O) groups is 1. The van der Waals surface area contributed by atoms with Gasteiger partial charge in [0.15, 0.2) is 11.5 Å². The summed E-state index contributed by atoms with van der Waals surface area (Å²) >= 11 is 0. The molecule has 4 rings (SSSR count). The van der Waals surface area contributed by atoms with Crippen molar-refractivity contribution in [2.45, 2.75) is 6.18 Å². The number of rotatable bonds is 7. The van der Waals surface area contributed by atoms with Gasteiger partial charge in [-0.15, -0.1) is 0 Å². The predicted molar refractivity (Wildman–Crippen MR) is 142 cm³/mol. The van der Waals surface area contributed by atoms with Gasteiger partial charge >= 0.3 is 12.1 Å². The van der Waals surface area contributed by atoms with Crippen LogP contribution in [-0.2, 0) is 10.9 Å². The minimum Gasteiger partial charge on any atom is -0.493 e. The third-order valence-corrected chi connectivity index (χ3v) is 5.84. The summed E-state index contributed by atoms with van der Waals surface area (Å²) < 4.78 is 57.5. The average Bonchev–Trinajstić information content (AvgIpc) is 3.31. The van der Waals surface area contributed by atoms with E-state index in [0.717, 1.165) is 13.2 Å². The Hall–Kier alpha value is -5.75. The molecule has 0 fully saturated rings. The van der Waals surface area contributed by atoms with Crippen LogP contribution < -0.4 is 15.2 Å². The number of carbonyl (C=O) groups excluding carboxylic acids is 1. The van der Waals surface area contributed by atoms with Crippen LogP contribution in [0.25, 0.3) is 17.3 Å². The lowest BCUT2D eigenvalue weighted by atomic mass is 10.1. The molecule has 0 unspecified atom stereocenters.